The van der Waals surface area contributed by atoms with Crippen LogP contribution >= 0.6 is 11.8 Å². The summed E-state index contributed by atoms with van der Waals surface area (Å²) in [6, 6.07) is 15.2. The highest BCUT2D eigenvalue weighted by atomic mass is 32.2. The molecule has 0 spiro atoms. The van der Waals surface area contributed by atoms with Gasteiger partial charge in [0.25, 0.3) is 5.24 Å². The van der Waals surface area contributed by atoms with Crippen LogP contribution in [0.5, 0.6) is 5.75 Å². The van der Waals surface area contributed by atoms with Crippen LogP contribution in [0.15, 0.2) is 48.5 Å². The van der Waals surface area contributed by atoms with Gasteiger partial charge in [0, 0.05) is 6.54 Å². The summed E-state index contributed by atoms with van der Waals surface area (Å²) in [7, 11) is 0. The normalized spacial score (nSPS) is 15.6. The Morgan fingerprint density at radius 1 is 1.03 bits per heavy atom. The number of ether oxygens (including phenoxy) is 1. The van der Waals surface area contributed by atoms with Gasteiger partial charge in [0.15, 0.2) is 0 Å². The largest absolute Gasteiger partial charge is 0.412 e. The first-order valence-corrected chi connectivity index (χ1v) is 11.6. The first kappa shape index (κ1) is 22.9. The molecule has 0 aliphatic carbocycles. The fraction of sp³-hybridized carbons (Fsp3) is 0.375. The highest BCUT2D eigenvalue weighted by Crippen LogP contribution is 2.27. The Morgan fingerprint density at radius 2 is 1.81 bits per heavy atom. The van der Waals surface area contributed by atoms with Crippen molar-refractivity contribution in [2.75, 3.05) is 6.54 Å². The van der Waals surface area contributed by atoms with Crippen LogP contribution in [0.1, 0.15) is 44.6 Å². The summed E-state index contributed by atoms with van der Waals surface area (Å²) < 4.78 is 5.41. The summed E-state index contributed by atoms with van der Waals surface area (Å²) in [4.78, 5) is 35.0. The lowest BCUT2D eigenvalue weighted by molar-refractivity contribution is -0.118. The summed E-state index contributed by atoms with van der Waals surface area (Å²) >= 11 is 1.03. The lowest BCUT2D eigenvalue weighted by Gasteiger charge is -2.09. The molecule has 0 aromatic heterocycles. The molecule has 31 heavy (non-hydrogen) atoms. The highest BCUT2D eigenvalue weighted by Gasteiger charge is 2.31. The molecule has 3 amide bonds. The Kier molecular flexibility index (Phi) is 8.53. The molecule has 1 aliphatic rings. The zero-order chi connectivity index (χ0) is 22.1. The SMILES string of the molecule is CCCCCCCNC(=O)Oc1cccc(-c2ccc(CC3SC(=O)NC3=O)cc2)c1. The average molecular weight is 441 g/mol. The Bertz CT molecular complexity index is 914. The van der Waals surface area contributed by atoms with E-state index >= 15 is 0 Å². The van der Waals surface area contributed by atoms with Crippen molar-refractivity contribution < 1.29 is 19.1 Å². The van der Waals surface area contributed by atoms with Crippen molar-refractivity contribution in [3.05, 3.63) is 54.1 Å². The summed E-state index contributed by atoms with van der Waals surface area (Å²) in [6.07, 6.45) is 5.75. The molecule has 164 valence electrons. The number of nitrogens with one attached hydrogen (secondary N) is 2. The van der Waals surface area contributed by atoms with Crippen molar-refractivity contribution >= 4 is 29.0 Å². The predicted molar refractivity (Wildman–Crippen MR) is 123 cm³/mol. The number of benzene rings is 2. The zero-order valence-corrected chi connectivity index (χ0v) is 18.5. The van der Waals surface area contributed by atoms with E-state index in [1.807, 2.05) is 42.5 Å². The molecule has 1 aliphatic heterocycles. The van der Waals surface area contributed by atoms with Crippen LogP contribution in [0.3, 0.4) is 0 Å². The Labute approximate surface area is 187 Å². The number of amides is 3. The number of rotatable bonds is 10. The standard InChI is InChI=1S/C24H28N2O4S/c1-2-3-4-5-6-14-25-23(28)30-20-9-7-8-19(16-20)18-12-10-17(11-13-18)15-21-22(27)26-24(29)31-21/h7-13,16,21H,2-6,14-15H2,1H3,(H,25,28)(H,26,27,29). The van der Waals surface area contributed by atoms with Gasteiger partial charge in [-0.15, -0.1) is 0 Å². The van der Waals surface area contributed by atoms with Gasteiger partial charge in [0.2, 0.25) is 5.91 Å². The lowest BCUT2D eigenvalue weighted by Crippen LogP contribution is -2.27. The molecule has 0 saturated carbocycles. The quantitative estimate of drug-likeness (QED) is 0.489. The maximum absolute atomic E-state index is 12.0. The number of imide groups is 1. The number of carbonyl (C=O) groups is 3. The molecule has 2 aromatic rings. The van der Waals surface area contributed by atoms with E-state index in [1.165, 1.54) is 19.3 Å². The van der Waals surface area contributed by atoms with E-state index in [0.717, 1.165) is 41.3 Å². The maximum atomic E-state index is 12.0. The Balaban J connectivity index is 1.52. The molecule has 1 heterocycles. The van der Waals surface area contributed by atoms with Gasteiger partial charge in [-0.25, -0.2) is 4.79 Å². The van der Waals surface area contributed by atoms with Gasteiger partial charge < -0.3 is 10.1 Å². The number of thioether (sulfide) groups is 1. The van der Waals surface area contributed by atoms with Crippen LogP contribution in [0, 0.1) is 0 Å². The molecule has 3 rings (SSSR count). The van der Waals surface area contributed by atoms with Crippen molar-refractivity contribution in [2.24, 2.45) is 0 Å². The van der Waals surface area contributed by atoms with Gasteiger partial charge in [-0.1, -0.05) is 80.8 Å². The number of hydrogen-bond donors (Lipinski definition) is 2. The Morgan fingerprint density at radius 3 is 2.52 bits per heavy atom. The molecule has 1 fully saturated rings. The molecule has 0 radical (unpaired) electrons. The number of hydrogen-bond acceptors (Lipinski definition) is 5. The molecule has 2 aromatic carbocycles. The first-order chi connectivity index (χ1) is 15.0. The molecule has 6 nitrogen and oxygen atoms in total. The van der Waals surface area contributed by atoms with E-state index in [-0.39, 0.29) is 16.4 Å². The smallest absolute Gasteiger partial charge is 0.410 e. The first-order valence-electron chi connectivity index (χ1n) is 10.7. The van der Waals surface area contributed by atoms with Crippen LogP contribution in [-0.2, 0) is 11.2 Å². The van der Waals surface area contributed by atoms with E-state index in [1.54, 1.807) is 6.07 Å². The van der Waals surface area contributed by atoms with Crippen LogP contribution < -0.4 is 15.4 Å². The fourth-order valence-corrected chi connectivity index (χ4v) is 4.24. The van der Waals surface area contributed by atoms with Crippen LogP contribution in [0.25, 0.3) is 11.1 Å². The number of unbranched alkanes of at least 4 members (excludes halogenated alkanes) is 4. The third kappa shape index (κ3) is 7.14. The topological polar surface area (TPSA) is 84.5 Å². The molecule has 0 bridgehead atoms. The van der Waals surface area contributed by atoms with Gasteiger partial charge in [-0.2, -0.15) is 0 Å². The van der Waals surface area contributed by atoms with E-state index < -0.39 is 6.09 Å². The minimum absolute atomic E-state index is 0.233. The summed E-state index contributed by atoms with van der Waals surface area (Å²) in [5.74, 6) is 0.255. The third-order valence-electron chi connectivity index (χ3n) is 5.07. The van der Waals surface area contributed by atoms with Crippen molar-refractivity contribution in [1.82, 2.24) is 10.6 Å². The summed E-state index contributed by atoms with van der Waals surface area (Å²) in [6.45, 7) is 2.80. The molecular formula is C24H28N2O4S. The van der Waals surface area contributed by atoms with E-state index in [9.17, 15) is 14.4 Å². The average Bonchev–Trinajstić information content (AvgIpc) is 3.08. The van der Waals surface area contributed by atoms with E-state index in [2.05, 4.69) is 17.6 Å². The lowest BCUT2D eigenvalue weighted by atomic mass is 10.0. The molecule has 1 saturated heterocycles. The van der Waals surface area contributed by atoms with Crippen molar-refractivity contribution in [1.29, 1.82) is 0 Å². The van der Waals surface area contributed by atoms with Gasteiger partial charge in [-0.05, 0) is 41.7 Å². The maximum Gasteiger partial charge on any atom is 0.412 e. The molecule has 2 N–H and O–H groups in total. The van der Waals surface area contributed by atoms with Gasteiger partial charge >= 0.3 is 6.09 Å². The summed E-state index contributed by atoms with van der Waals surface area (Å²) in [5, 5.41) is 4.44. The molecule has 7 heteroatoms. The van der Waals surface area contributed by atoms with Gasteiger partial charge in [-0.3, -0.25) is 14.9 Å². The second-order valence-corrected chi connectivity index (χ2v) is 8.72. The minimum atomic E-state index is -0.440. The van der Waals surface area contributed by atoms with Crippen molar-refractivity contribution in [3.8, 4) is 16.9 Å². The van der Waals surface area contributed by atoms with Crippen molar-refractivity contribution in [2.45, 2.75) is 50.7 Å². The fourth-order valence-electron chi connectivity index (χ4n) is 3.38. The second kappa shape index (κ2) is 11.6. The third-order valence-corrected chi connectivity index (χ3v) is 6.05. The Hall–Kier alpha value is -2.80. The predicted octanol–water partition coefficient (Wildman–Crippen LogP) is 5.31. The molecule has 1 atom stereocenters. The van der Waals surface area contributed by atoms with E-state index in [4.69, 9.17) is 4.74 Å². The van der Waals surface area contributed by atoms with E-state index in [0.29, 0.717) is 18.7 Å². The summed E-state index contributed by atoms with van der Waals surface area (Å²) in [5.41, 5.74) is 2.89. The monoisotopic (exact) mass is 440 g/mol. The zero-order valence-electron chi connectivity index (χ0n) is 17.7. The van der Waals surface area contributed by atoms with Crippen LogP contribution in [0.4, 0.5) is 9.59 Å². The van der Waals surface area contributed by atoms with Crippen LogP contribution in [0.2, 0.25) is 0 Å². The van der Waals surface area contributed by atoms with Gasteiger partial charge in [0.1, 0.15) is 5.75 Å². The minimum Gasteiger partial charge on any atom is -0.410 e. The molecular weight excluding hydrogens is 412 g/mol. The number of carbonyl (C=O) groups excluding carboxylic acids is 3. The van der Waals surface area contributed by atoms with Crippen LogP contribution in [-0.4, -0.2) is 29.0 Å². The second-order valence-electron chi connectivity index (χ2n) is 7.54. The van der Waals surface area contributed by atoms with Gasteiger partial charge in [0.05, 0.1) is 5.25 Å². The molecule has 1 unspecified atom stereocenters. The van der Waals surface area contributed by atoms with Crippen molar-refractivity contribution in [3.63, 3.8) is 0 Å². The highest BCUT2D eigenvalue weighted by molar-refractivity contribution is 8.15.